The molecule has 3 aromatic rings. The van der Waals surface area contributed by atoms with Crippen LogP contribution >= 0.6 is 34.8 Å². The van der Waals surface area contributed by atoms with E-state index in [0.29, 0.717) is 21.6 Å². The number of benzene rings is 1. The molecule has 0 bridgehead atoms. The molecular weight excluding hydrogens is 417 g/mol. The van der Waals surface area contributed by atoms with Crippen molar-refractivity contribution < 1.29 is 20.1 Å². The average Bonchev–Trinajstić information content (AvgIpc) is 3.20. The molecule has 0 amide bonds. The van der Waals surface area contributed by atoms with Crippen molar-refractivity contribution in [3.05, 3.63) is 57.6 Å². The van der Waals surface area contributed by atoms with Crippen LogP contribution in [-0.4, -0.2) is 48.2 Å². The minimum atomic E-state index is -1.34. The number of fused-ring (bicyclic) bond motifs is 1. The topological polar surface area (TPSA) is 101 Å². The van der Waals surface area contributed by atoms with Crippen LogP contribution < -0.4 is 0 Å². The van der Waals surface area contributed by atoms with Crippen molar-refractivity contribution >= 4 is 45.8 Å². The molecule has 1 fully saturated rings. The van der Waals surface area contributed by atoms with E-state index in [1.807, 2.05) is 0 Å². The number of hydrogen-bond acceptors (Lipinski definition) is 6. The highest BCUT2D eigenvalue weighted by atomic mass is 35.5. The van der Waals surface area contributed by atoms with Crippen LogP contribution in [-0.2, 0) is 4.74 Å². The fraction of sp³-hybridized carbons (Fsp3) is 0.294. The van der Waals surface area contributed by atoms with E-state index in [4.69, 9.17) is 39.5 Å². The van der Waals surface area contributed by atoms with Gasteiger partial charge >= 0.3 is 0 Å². The number of ether oxygens (including phenoxy) is 1. The van der Waals surface area contributed by atoms with Gasteiger partial charge in [0, 0.05) is 6.20 Å². The standard InChI is InChI=1S/C17H14Cl3N3O4/c18-9-2-1-7(5-10(9)19)11(24)14-12(25)13(26)17(27-14)23-4-3-8-15(20)21-6-22-16(8)23/h1-6,11-14,17,24-26H/t11-,12+,13-,14-,17-/m1/s1. The second-order valence-corrected chi connectivity index (χ2v) is 7.39. The molecule has 3 heterocycles. The summed E-state index contributed by atoms with van der Waals surface area (Å²) in [6.45, 7) is 0. The monoisotopic (exact) mass is 429 g/mol. The summed E-state index contributed by atoms with van der Waals surface area (Å²) in [6, 6.07) is 6.29. The molecule has 142 valence electrons. The lowest BCUT2D eigenvalue weighted by Crippen LogP contribution is -2.34. The van der Waals surface area contributed by atoms with Gasteiger partial charge in [-0.05, 0) is 23.8 Å². The van der Waals surface area contributed by atoms with Crippen molar-refractivity contribution in [3.8, 4) is 0 Å². The van der Waals surface area contributed by atoms with Crippen molar-refractivity contribution in [2.75, 3.05) is 0 Å². The zero-order valence-electron chi connectivity index (χ0n) is 13.6. The summed E-state index contributed by atoms with van der Waals surface area (Å²) in [7, 11) is 0. The molecule has 4 rings (SSSR count). The zero-order chi connectivity index (χ0) is 19.3. The van der Waals surface area contributed by atoms with E-state index in [0.717, 1.165) is 0 Å². The predicted molar refractivity (Wildman–Crippen MR) is 99.9 cm³/mol. The fourth-order valence-electron chi connectivity index (χ4n) is 3.21. The molecule has 10 heteroatoms. The van der Waals surface area contributed by atoms with Crippen LogP contribution in [0.3, 0.4) is 0 Å². The molecule has 1 aromatic carbocycles. The number of rotatable bonds is 3. The van der Waals surface area contributed by atoms with Gasteiger partial charge in [-0.25, -0.2) is 9.97 Å². The van der Waals surface area contributed by atoms with E-state index in [1.165, 1.54) is 18.5 Å². The van der Waals surface area contributed by atoms with E-state index in [1.54, 1.807) is 22.9 Å². The first-order valence-corrected chi connectivity index (χ1v) is 9.13. The van der Waals surface area contributed by atoms with E-state index >= 15 is 0 Å². The largest absolute Gasteiger partial charge is 0.387 e. The lowest BCUT2D eigenvalue weighted by Gasteiger charge is -2.21. The minimum absolute atomic E-state index is 0.263. The third-order valence-corrected chi connectivity index (χ3v) is 5.65. The Morgan fingerprint density at radius 2 is 1.81 bits per heavy atom. The normalized spacial score (nSPS) is 26.6. The molecule has 1 saturated heterocycles. The summed E-state index contributed by atoms with van der Waals surface area (Å²) in [4.78, 5) is 8.06. The molecule has 3 N–H and O–H groups in total. The number of aliphatic hydroxyl groups is 3. The second-order valence-electron chi connectivity index (χ2n) is 6.22. The SMILES string of the molecule is O[C@@H]1[C@H](O)[C@@H]([C@H](O)c2ccc(Cl)c(Cl)c2)O[C@H]1n1ccc2c(Cl)ncnc21. The molecule has 0 unspecified atom stereocenters. The summed E-state index contributed by atoms with van der Waals surface area (Å²) in [5.74, 6) is 0. The van der Waals surface area contributed by atoms with E-state index in [9.17, 15) is 15.3 Å². The van der Waals surface area contributed by atoms with Crippen LogP contribution in [0.15, 0.2) is 36.8 Å². The van der Waals surface area contributed by atoms with Gasteiger partial charge in [-0.1, -0.05) is 40.9 Å². The van der Waals surface area contributed by atoms with Crippen LogP contribution in [0.25, 0.3) is 11.0 Å². The maximum Gasteiger partial charge on any atom is 0.164 e. The fourth-order valence-corrected chi connectivity index (χ4v) is 3.71. The third kappa shape index (κ3) is 3.19. The van der Waals surface area contributed by atoms with Gasteiger partial charge in [0.05, 0.1) is 15.4 Å². The first-order valence-electron chi connectivity index (χ1n) is 8.00. The van der Waals surface area contributed by atoms with Gasteiger partial charge in [0.2, 0.25) is 0 Å². The highest BCUT2D eigenvalue weighted by Crippen LogP contribution is 2.38. The molecule has 2 aromatic heterocycles. The first-order chi connectivity index (χ1) is 12.9. The number of nitrogens with zero attached hydrogens (tertiary/aromatic N) is 3. The van der Waals surface area contributed by atoms with Crippen molar-refractivity contribution in [1.82, 2.24) is 14.5 Å². The van der Waals surface area contributed by atoms with Crippen molar-refractivity contribution in [2.45, 2.75) is 30.6 Å². The summed E-state index contributed by atoms with van der Waals surface area (Å²) < 4.78 is 7.34. The van der Waals surface area contributed by atoms with Crippen LogP contribution in [0.1, 0.15) is 17.9 Å². The molecule has 5 atom stereocenters. The predicted octanol–water partition coefficient (Wildman–Crippen LogP) is 2.74. The number of hydrogen-bond donors (Lipinski definition) is 3. The van der Waals surface area contributed by atoms with Gasteiger partial charge < -0.3 is 24.6 Å². The van der Waals surface area contributed by atoms with E-state index in [2.05, 4.69) is 9.97 Å². The molecule has 0 saturated carbocycles. The van der Waals surface area contributed by atoms with E-state index in [-0.39, 0.29) is 10.2 Å². The van der Waals surface area contributed by atoms with Gasteiger partial charge in [0.15, 0.2) is 6.23 Å². The molecule has 7 nitrogen and oxygen atoms in total. The lowest BCUT2D eigenvalue weighted by atomic mass is 9.99. The molecular formula is C17H14Cl3N3O4. The number of aliphatic hydroxyl groups excluding tert-OH is 3. The Morgan fingerprint density at radius 3 is 2.56 bits per heavy atom. The Kier molecular flexibility index (Phi) is 5.02. The molecule has 27 heavy (non-hydrogen) atoms. The highest BCUT2D eigenvalue weighted by Gasteiger charge is 2.47. The Hall–Kier alpha value is -1.45. The Labute approximate surface area is 168 Å². The number of aromatic nitrogens is 3. The smallest absolute Gasteiger partial charge is 0.164 e. The molecule has 1 aliphatic rings. The second kappa shape index (κ2) is 7.18. The van der Waals surface area contributed by atoms with Gasteiger partial charge in [0.25, 0.3) is 0 Å². The zero-order valence-corrected chi connectivity index (χ0v) is 15.8. The quantitative estimate of drug-likeness (QED) is 0.553. The van der Waals surface area contributed by atoms with Gasteiger partial charge in [-0.15, -0.1) is 0 Å². The molecule has 0 spiro atoms. The molecule has 0 aliphatic carbocycles. The van der Waals surface area contributed by atoms with Crippen LogP contribution in [0.5, 0.6) is 0 Å². The highest BCUT2D eigenvalue weighted by molar-refractivity contribution is 6.42. The third-order valence-electron chi connectivity index (χ3n) is 4.61. The molecule has 1 aliphatic heterocycles. The van der Waals surface area contributed by atoms with Gasteiger partial charge in [-0.2, -0.15) is 0 Å². The Morgan fingerprint density at radius 1 is 1.04 bits per heavy atom. The summed E-state index contributed by atoms with van der Waals surface area (Å²) >= 11 is 17.9. The maximum atomic E-state index is 10.6. The van der Waals surface area contributed by atoms with Gasteiger partial charge in [0.1, 0.15) is 41.5 Å². The van der Waals surface area contributed by atoms with Crippen LogP contribution in [0.4, 0.5) is 0 Å². The van der Waals surface area contributed by atoms with Gasteiger partial charge in [-0.3, -0.25) is 0 Å². The number of halogens is 3. The van der Waals surface area contributed by atoms with E-state index < -0.39 is 30.6 Å². The van der Waals surface area contributed by atoms with Crippen molar-refractivity contribution in [3.63, 3.8) is 0 Å². The summed E-state index contributed by atoms with van der Waals surface area (Å²) in [5, 5.41) is 33.0. The lowest BCUT2D eigenvalue weighted by molar-refractivity contribution is -0.0848. The molecule has 0 radical (unpaired) electrons. The summed E-state index contributed by atoms with van der Waals surface area (Å²) in [6.07, 6.45) is -3.00. The van der Waals surface area contributed by atoms with Crippen LogP contribution in [0.2, 0.25) is 15.2 Å². The van der Waals surface area contributed by atoms with Crippen LogP contribution in [0, 0.1) is 0 Å². The van der Waals surface area contributed by atoms with Crippen molar-refractivity contribution in [1.29, 1.82) is 0 Å². The minimum Gasteiger partial charge on any atom is -0.387 e. The first kappa shape index (κ1) is 18.9. The summed E-state index contributed by atoms with van der Waals surface area (Å²) in [5.41, 5.74) is 0.847. The maximum absolute atomic E-state index is 10.6. The average molecular weight is 431 g/mol. The van der Waals surface area contributed by atoms with Crippen molar-refractivity contribution in [2.24, 2.45) is 0 Å². The Balaban J connectivity index is 1.66. The Bertz CT molecular complexity index is 999.